The summed E-state index contributed by atoms with van der Waals surface area (Å²) in [7, 11) is 1.74. The van der Waals surface area contributed by atoms with Gasteiger partial charge in [-0.25, -0.2) is 13.8 Å². The van der Waals surface area contributed by atoms with Crippen LogP contribution in [0.25, 0.3) is 0 Å². The third-order valence-electron chi connectivity index (χ3n) is 3.38. The van der Waals surface area contributed by atoms with Crippen LogP contribution in [0.3, 0.4) is 0 Å². The molecule has 0 aliphatic heterocycles. The van der Waals surface area contributed by atoms with Crippen molar-refractivity contribution in [2.75, 3.05) is 16.0 Å². The smallest absolute Gasteiger partial charge is 0.247 e. The quantitative estimate of drug-likeness (QED) is 0.576. The lowest BCUT2D eigenvalue weighted by molar-refractivity contribution is -0.111. The van der Waals surface area contributed by atoms with Crippen LogP contribution >= 0.6 is 0 Å². The van der Waals surface area contributed by atoms with E-state index in [0.29, 0.717) is 11.4 Å². The van der Waals surface area contributed by atoms with Gasteiger partial charge in [-0.1, -0.05) is 6.58 Å². The first kappa shape index (κ1) is 18.0. The number of aromatic nitrogens is 4. The Hall–Kier alpha value is -3.82. The van der Waals surface area contributed by atoms with Crippen molar-refractivity contribution in [3.63, 3.8) is 0 Å². The lowest BCUT2D eigenvalue weighted by Crippen LogP contribution is -2.08. The first-order valence-corrected chi connectivity index (χ1v) is 7.73. The minimum atomic E-state index is -0.772. The molecule has 3 N–H and O–H groups in total. The summed E-state index contributed by atoms with van der Waals surface area (Å²) in [6.45, 7) is 3.34. The van der Waals surface area contributed by atoms with Gasteiger partial charge in [-0.2, -0.15) is 10.1 Å². The standard InChI is InChI=1S/C17H15F2N7O/c1-3-15(27)22-10-4-5-12(18)14(6-10)24-16-13(19)8-20-17(25-16)23-11-7-21-26(2)9-11/h3-9H,1H2,2H3,(H,22,27)(H2,20,23,24,25). The molecule has 3 rings (SSSR count). The van der Waals surface area contributed by atoms with E-state index < -0.39 is 17.5 Å². The maximum atomic E-state index is 14.1. The summed E-state index contributed by atoms with van der Waals surface area (Å²) in [5.74, 6) is -2.01. The number of hydrogen-bond acceptors (Lipinski definition) is 6. The number of hydrogen-bond donors (Lipinski definition) is 3. The number of aryl methyl sites for hydroxylation is 1. The van der Waals surface area contributed by atoms with E-state index in [1.807, 2.05) is 0 Å². The van der Waals surface area contributed by atoms with Crippen LogP contribution in [0.4, 0.5) is 37.6 Å². The largest absolute Gasteiger partial charge is 0.335 e. The average Bonchev–Trinajstić information content (AvgIpc) is 3.05. The van der Waals surface area contributed by atoms with Crippen molar-refractivity contribution in [1.82, 2.24) is 19.7 Å². The van der Waals surface area contributed by atoms with Gasteiger partial charge in [0.1, 0.15) is 5.82 Å². The third-order valence-corrected chi connectivity index (χ3v) is 3.38. The van der Waals surface area contributed by atoms with E-state index in [9.17, 15) is 13.6 Å². The lowest BCUT2D eigenvalue weighted by Gasteiger charge is -2.11. The Kier molecular flexibility index (Phi) is 5.06. The van der Waals surface area contributed by atoms with Crippen LogP contribution in [0.5, 0.6) is 0 Å². The highest BCUT2D eigenvalue weighted by Crippen LogP contribution is 2.25. The van der Waals surface area contributed by atoms with E-state index in [1.54, 1.807) is 24.1 Å². The average molecular weight is 371 g/mol. The predicted octanol–water partition coefficient (Wildman–Crippen LogP) is 3.10. The van der Waals surface area contributed by atoms with Crippen molar-refractivity contribution in [3.8, 4) is 0 Å². The molecule has 0 atom stereocenters. The van der Waals surface area contributed by atoms with Gasteiger partial charge in [-0.15, -0.1) is 0 Å². The molecule has 3 aromatic rings. The molecule has 0 spiro atoms. The van der Waals surface area contributed by atoms with Gasteiger partial charge >= 0.3 is 0 Å². The zero-order valence-electron chi connectivity index (χ0n) is 14.2. The normalized spacial score (nSPS) is 10.3. The maximum absolute atomic E-state index is 14.1. The molecule has 1 aromatic carbocycles. The monoisotopic (exact) mass is 371 g/mol. The first-order valence-electron chi connectivity index (χ1n) is 7.73. The zero-order valence-corrected chi connectivity index (χ0v) is 14.2. The topological polar surface area (TPSA) is 96.8 Å². The number of anilines is 5. The van der Waals surface area contributed by atoms with Crippen LogP contribution in [-0.4, -0.2) is 25.7 Å². The van der Waals surface area contributed by atoms with Gasteiger partial charge in [0, 0.05) is 18.9 Å². The van der Waals surface area contributed by atoms with Crippen LogP contribution in [0.1, 0.15) is 0 Å². The molecule has 0 bridgehead atoms. The highest BCUT2D eigenvalue weighted by Gasteiger charge is 2.12. The molecule has 0 saturated carbocycles. The highest BCUT2D eigenvalue weighted by atomic mass is 19.1. The lowest BCUT2D eigenvalue weighted by atomic mass is 10.2. The molecule has 0 fully saturated rings. The van der Waals surface area contributed by atoms with Gasteiger partial charge in [0.05, 0.1) is 23.8 Å². The Morgan fingerprint density at radius 1 is 1.19 bits per heavy atom. The second-order valence-electron chi connectivity index (χ2n) is 5.43. The second-order valence-corrected chi connectivity index (χ2v) is 5.43. The fraction of sp³-hybridized carbons (Fsp3) is 0.0588. The number of halogens is 2. The number of carbonyl (C=O) groups excluding carboxylic acids is 1. The summed E-state index contributed by atoms with van der Waals surface area (Å²) in [6, 6.07) is 3.81. The Morgan fingerprint density at radius 3 is 2.70 bits per heavy atom. The van der Waals surface area contributed by atoms with Crippen LogP contribution in [0, 0.1) is 11.6 Å². The number of carbonyl (C=O) groups is 1. The molecule has 138 valence electrons. The minimum absolute atomic E-state index is 0.0678. The summed E-state index contributed by atoms with van der Waals surface area (Å²) in [5.41, 5.74) is 0.851. The second kappa shape index (κ2) is 7.60. The van der Waals surface area contributed by atoms with Crippen molar-refractivity contribution in [1.29, 1.82) is 0 Å². The fourth-order valence-electron chi connectivity index (χ4n) is 2.15. The SMILES string of the molecule is C=CC(=O)Nc1ccc(F)c(Nc2nc(Nc3cnn(C)c3)ncc2F)c1. The Morgan fingerprint density at radius 2 is 2.00 bits per heavy atom. The molecule has 0 saturated heterocycles. The van der Waals surface area contributed by atoms with Crippen molar-refractivity contribution in [2.24, 2.45) is 7.05 Å². The van der Waals surface area contributed by atoms with E-state index >= 15 is 0 Å². The number of nitrogens with one attached hydrogen (secondary N) is 3. The summed E-state index contributed by atoms with van der Waals surface area (Å²) in [6.07, 6.45) is 5.27. The van der Waals surface area contributed by atoms with Gasteiger partial charge in [-0.05, 0) is 24.3 Å². The molecule has 1 amide bonds. The van der Waals surface area contributed by atoms with Gasteiger partial charge in [-0.3, -0.25) is 9.48 Å². The number of amides is 1. The molecule has 0 radical (unpaired) electrons. The molecule has 2 aromatic heterocycles. The van der Waals surface area contributed by atoms with Crippen molar-refractivity contribution >= 4 is 34.7 Å². The van der Waals surface area contributed by atoms with E-state index in [4.69, 9.17) is 0 Å². The minimum Gasteiger partial charge on any atom is -0.335 e. The summed E-state index contributed by atoms with van der Waals surface area (Å²) < 4.78 is 29.7. The van der Waals surface area contributed by atoms with Crippen LogP contribution in [0.15, 0.2) is 49.4 Å². The van der Waals surface area contributed by atoms with Crippen LogP contribution < -0.4 is 16.0 Å². The maximum Gasteiger partial charge on any atom is 0.247 e. The number of rotatable bonds is 6. The Bertz CT molecular complexity index is 1000. The van der Waals surface area contributed by atoms with Crippen molar-refractivity contribution in [2.45, 2.75) is 0 Å². The molecular formula is C17H15F2N7O. The van der Waals surface area contributed by atoms with E-state index in [-0.39, 0.29) is 17.5 Å². The van der Waals surface area contributed by atoms with Gasteiger partial charge in [0.2, 0.25) is 11.9 Å². The molecule has 0 aliphatic carbocycles. The fourth-order valence-corrected chi connectivity index (χ4v) is 2.15. The van der Waals surface area contributed by atoms with Crippen molar-refractivity contribution < 1.29 is 13.6 Å². The molecule has 27 heavy (non-hydrogen) atoms. The van der Waals surface area contributed by atoms with Crippen molar-refractivity contribution in [3.05, 3.63) is 61.1 Å². The van der Waals surface area contributed by atoms with E-state index in [1.165, 1.54) is 12.1 Å². The first-order chi connectivity index (χ1) is 12.9. The Balaban J connectivity index is 1.84. The predicted molar refractivity (Wildman–Crippen MR) is 97.0 cm³/mol. The van der Waals surface area contributed by atoms with Crippen LogP contribution in [0.2, 0.25) is 0 Å². The number of benzene rings is 1. The molecule has 0 unspecified atom stereocenters. The molecule has 2 heterocycles. The van der Waals surface area contributed by atoms with E-state index in [2.05, 4.69) is 37.6 Å². The molecular weight excluding hydrogens is 356 g/mol. The Labute approximate surface area is 153 Å². The summed E-state index contributed by atoms with van der Waals surface area (Å²) in [5, 5.41) is 11.9. The van der Waals surface area contributed by atoms with E-state index in [0.717, 1.165) is 18.3 Å². The molecule has 0 aliphatic rings. The van der Waals surface area contributed by atoms with Gasteiger partial charge < -0.3 is 16.0 Å². The van der Waals surface area contributed by atoms with Crippen LogP contribution in [-0.2, 0) is 11.8 Å². The van der Waals surface area contributed by atoms with Gasteiger partial charge in [0.25, 0.3) is 0 Å². The third kappa shape index (κ3) is 4.42. The summed E-state index contributed by atoms with van der Waals surface area (Å²) >= 11 is 0. The molecule has 8 nitrogen and oxygen atoms in total. The molecule has 10 heteroatoms. The number of nitrogens with zero attached hydrogens (tertiary/aromatic N) is 4. The summed E-state index contributed by atoms with van der Waals surface area (Å²) in [4.78, 5) is 19.2. The zero-order chi connectivity index (χ0) is 19.4. The highest BCUT2D eigenvalue weighted by molar-refractivity contribution is 5.99. The van der Waals surface area contributed by atoms with Gasteiger partial charge in [0.15, 0.2) is 11.6 Å².